The molecule has 2 aliphatic rings. The zero-order valence-electron chi connectivity index (χ0n) is 9.48. The Labute approximate surface area is 100 Å². The predicted molar refractivity (Wildman–Crippen MR) is 65.5 cm³/mol. The van der Waals surface area contributed by atoms with Gasteiger partial charge < -0.3 is 9.88 Å². The second kappa shape index (κ2) is 4.75. The zero-order chi connectivity index (χ0) is 10.8. The zero-order valence-corrected chi connectivity index (χ0v) is 10.3. The number of nitrogens with zero attached hydrogens (tertiary/aromatic N) is 3. The van der Waals surface area contributed by atoms with Crippen molar-refractivity contribution in [3.8, 4) is 0 Å². The fourth-order valence-corrected chi connectivity index (χ4v) is 3.34. The van der Waals surface area contributed by atoms with Crippen LogP contribution < -0.4 is 5.32 Å². The van der Waals surface area contributed by atoms with E-state index < -0.39 is 0 Å². The highest BCUT2D eigenvalue weighted by atomic mass is 32.2. The van der Waals surface area contributed by atoms with Crippen molar-refractivity contribution in [2.24, 2.45) is 5.92 Å². The third-order valence-electron chi connectivity index (χ3n) is 3.39. The van der Waals surface area contributed by atoms with Gasteiger partial charge in [0, 0.05) is 13.0 Å². The Morgan fingerprint density at radius 2 is 2.25 bits per heavy atom. The molecule has 5 heteroatoms. The van der Waals surface area contributed by atoms with Crippen LogP contribution in [0.15, 0.2) is 0 Å². The first-order chi connectivity index (χ1) is 7.93. The molecule has 0 unspecified atom stereocenters. The van der Waals surface area contributed by atoms with Crippen molar-refractivity contribution in [1.82, 2.24) is 20.1 Å². The Morgan fingerprint density at radius 1 is 1.31 bits per heavy atom. The molecule has 1 aromatic heterocycles. The second-order valence-electron chi connectivity index (χ2n) is 4.68. The molecule has 4 nitrogen and oxygen atoms in total. The SMILES string of the molecule is C1CCn2c(nnc2CSCC2CNC2)C1. The number of aryl methyl sites for hydroxylation is 1. The Morgan fingerprint density at radius 3 is 3.06 bits per heavy atom. The maximum atomic E-state index is 4.32. The van der Waals surface area contributed by atoms with Gasteiger partial charge in [-0.05, 0) is 37.6 Å². The number of aromatic nitrogens is 3. The number of rotatable bonds is 4. The summed E-state index contributed by atoms with van der Waals surface area (Å²) in [6, 6.07) is 0. The summed E-state index contributed by atoms with van der Waals surface area (Å²) in [5.41, 5.74) is 0. The molecule has 88 valence electrons. The molecule has 0 amide bonds. The lowest BCUT2D eigenvalue weighted by Crippen LogP contribution is -2.43. The molecule has 1 saturated heterocycles. The van der Waals surface area contributed by atoms with Crippen LogP contribution in [0.2, 0.25) is 0 Å². The number of nitrogens with one attached hydrogen (secondary N) is 1. The summed E-state index contributed by atoms with van der Waals surface area (Å²) in [5.74, 6) is 5.56. The van der Waals surface area contributed by atoms with Crippen molar-refractivity contribution in [1.29, 1.82) is 0 Å². The second-order valence-corrected chi connectivity index (χ2v) is 5.71. The number of hydrogen-bond donors (Lipinski definition) is 1. The van der Waals surface area contributed by atoms with E-state index in [1.807, 2.05) is 11.8 Å². The van der Waals surface area contributed by atoms with E-state index in [2.05, 4.69) is 20.1 Å². The van der Waals surface area contributed by atoms with Crippen LogP contribution in [0, 0.1) is 5.92 Å². The molecule has 1 aromatic rings. The highest BCUT2D eigenvalue weighted by Crippen LogP contribution is 2.20. The van der Waals surface area contributed by atoms with Crippen LogP contribution >= 0.6 is 11.8 Å². The maximum Gasteiger partial charge on any atom is 0.143 e. The molecule has 3 rings (SSSR count). The normalized spacial score (nSPS) is 20.5. The van der Waals surface area contributed by atoms with Gasteiger partial charge in [-0.3, -0.25) is 0 Å². The van der Waals surface area contributed by atoms with Crippen molar-refractivity contribution >= 4 is 11.8 Å². The van der Waals surface area contributed by atoms with E-state index in [9.17, 15) is 0 Å². The van der Waals surface area contributed by atoms with Crippen LogP contribution in [0.25, 0.3) is 0 Å². The highest BCUT2D eigenvalue weighted by molar-refractivity contribution is 7.98. The predicted octanol–water partition coefficient (Wildman–Crippen LogP) is 1.07. The van der Waals surface area contributed by atoms with E-state index in [0.29, 0.717) is 0 Å². The number of fused-ring (bicyclic) bond motifs is 1. The van der Waals surface area contributed by atoms with Crippen LogP contribution in [0.3, 0.4) is 0 Å². The molecule has 1 N–H and O–H groups in total. The van der Waals surface area contributed by atoms with Crippen molar-refractivity contribution in [2.75, 3.05) is 18.8 Å². The minimum absolute atomic E-state index is 0.883. The summed E-state index contributed by atoms with van der Waals surface area (Å²) in [5, 5.41) is 11.9. The van der Waals surface area contributed by atoms with Crippen LogP contribution in [-0.2, 0) is 18.7 Å². The largest absolute Gasteiger partial charge is 0.316 e. The Kier molecular flexibility index (Phi) is 3.15. The Balaban J connectivity index is 1.55. The number of thioether (sulfide) groups is 1. The summed E-state index contributed by atoms with van der Waals surface area (Å²) < 4.78 is 2.33. The van der Waals surface area contributed by atoms with E-state index in [1.54, 1.807) is 0 Å². The van der Waals surface area contributed by atoms with Gasteiger partial charge >= 0.3 is 0 Å². The van der Waals surface area contributed by atoms with Crippen LogP contribution in [0.1, 0.15) is 24.5 Å². The van der Waals surface area contributed by atoms with E-state index in [4.69, 9.17) is 0 Å². The first-order valence-electron chi connectivity index (χ1n) is 6.13. The molecule has 0 spiro atoms. The summed E-state index contributed by atoms with van der Waals surface area (Å²) >= 11 is 2.00. The molecular weight excluding hydrogens is 220 g/mol. The van der Waals surface area contributed by atoms with E-state index in [1.165, 1.54) is 43.3 Å². The first-order valence-corrected chi connectivity index (χ1v) is 7.28. The van der Waals surface area contributed by atoms with Crippen LogP contribution in [-0.4, -0.2) is 33.6 Å². The van der Waals surface area contributed by atoms with Crippen LogP contribution in [0.5, 0.6) is 0 Å². The van der Waals surface area contributed by atoms with E-state index in [0.717, 1.165) is 24.6 Å². The highest BCUT2D eigenvalue weighted by Gasteiger charge is 2.18. The van der Waals surface area contributed by atoms with Crippen molar-refractivity contribution < 1.29 is 0 Å². The fraction of sp³-hybridized carbons (Fsp3) is 0.818. The molecule has 1 fully saturated rings. The summed E-state index contributed by atoms with van der Waals surface area (Å²) in [4.78, 5) is 0. The minimum atomic E-state index is 0.883. The van der Waals surface area contributed by atoms with Gasteiger partial charge in [0.2, 0.25) is 0 Å². The lowest BCUT2D eigenvalue weighted by atomic mass is 10.1. The smallest absolute Gasteiger partial charge is 0.143 e. The summed E-state index contributed by atoms with van der Waals surface area (Å²) in [6.45, 7) is 3.53. The Hall–Kier alpha value is -0.550. The first kappa shape index (κ1) is 10.6. The fourth-order valence-electron chi connectivity index (χ4n) is 2.26. The van der Waals surface area contributed by atoms with Gasteiger partial charge in [-0.15, -0.1) is 10.2 Å². The molecule has 0 bridgehead atoms. The standard InChI is InChI=1S/C11H18N4S/c1-2-4-15-10(3-1)13-14-11(15)8-16-7-9-5-12-6-9/h9,12H,1-8H2. The molecular formula is C11H18N4S. The topological polar surface area (TPSA) is 42.7 Å². The van der Waals surface area contributed by atoms with Crippen molar-refractivity contribution in [3.63, 3.8) is 0 Å². The molecule has 2 aliphatic heterocycles. The average Bonchev–Trinajstić information content (AvgIpc) is 2.65. The van der Waals surface area contributed by atoms with Crippen molar-refractivity contribution in [3.05, 3.63) is 11.6 Å². The number of hydrogen-bond acceptors (Lipinski definition) is 4. The molecule has 0 saturated carbocycles. The molecule has 0 aliphatic carbocycles. The van der Waals surface area contributed by atoms with Gasteiger partial charge in [-0.25, -0.2) is 0 Å². The summed E-state index contributed by atoms with van der Waals surface area (Å²) in [7, 11) is 0. The molecule has 0 aromatic carbocycles. The van der Waals surface area contributed by atoms with E-state index in [-0.39, 0.29) is 0 Å². The van der Waals surface area contributed by atoms with Crippen molar-refractivity contribution in [2.45, 2.75) is 31.6 Å². The Bertz CT molecular complexity index is 359. The van der Waals surface area contributed by atoms with E-state index >= 15 is 0 Å². The molecule has 0 radical (unpaired) electrons. The lowest BCUT2D eigenvalue weighted by molar-refractivity contribution is 0.385. The lowest BCUT2D eigenvalue weighted by Gasteiger charge is -2.26. The van der Waals surface area contributed by atoms with Crippen LogP contribution in [0.4, 0.5) is 0 Å². The molecule has 16 heavy (non-hydrogen) atoms. The van der Waals surface area contributed by atoms with Gasteiger partial charge in [0.15, 0.2) is 0 Å². The summed E-state index contributed by atoms with van der Waals surface area (Å²) in [6.07, 6.45) is 3.68. The maximum absolute atomic E-state index is 4.32. The van der Waals surface area contributed by atoms with Gasteiger partial charge in [-0.1, -0.05) is 0 Å². The average molecular weight is 238 g/mol. The molecule has 3 heterocycles. The quantitative estimate of drug-likeness (QED) is 0.852. The monoisotopic (exact) mass is 238 g/mol. The van der Waals surface area contributed by atoms with Gasteiger partial charge in [0.1, 0.15) is 11.6 Å². The van der Waals surface area contributed by atoms with Gasteiger partial charge in [0.05, 0.1) is 5.75 Å². The third-order valence-corrected chi connectivity index (χ3v) is 4.56. The van der Waals surface area contributed by atoms with Gasteiger partial charge in [0.25, 0.3) is 0 Å². The minimum Gasteiger partial charge on any atom is -0.316 e. The molecule has 0 atom stereocenters. The third kappa shape index (κ3) is 2.11. The van der Waals surface area contributed by atoms with Gasteiger partial charge in [-0.2, -0.15) is 11.8 Å².